The van der Waals surface area contributed by atoms with E-state index in [4.69, 9.17) is 13.6 Å². The maximum atomic E-state index is 12.3. The molecule has 1 saturated heterocycles. The Hall–Kier alpha value is -1.74. The van der Waals surface area contributed by atoms with Gasteiger partial charge in [-0.2, -0.15) is 0 Å². The van der Waals surface area contributed by atoms with Crippen molar-refractivity contribution < 1.29 is 23.5 Å². The third-order valence-corrected chi connectivity index (χ3v) is 10.9. The van der Waals surface area contributed by atoms with Crippen LogP contribution in [0, 0.1) is 5.92 Å². The van der Waals surface area contributed by atoms with Gasteiger partial charge in [-0.25, -0.2) is 9.59 Å². The number of carbonyl (C=O) groups excluding carboxylic acids is 1. The number of amides is 1. The highest BCUT2D eigenvalue weighted by molar-refractivity contribution is 6.74. The van der Waals surface area contributed by atoms with Crippen LogP contribution in [-0.2, 0) is 22.3 Å². The van der Waals surface area contributed by atoms with Crippen molar-refractivity contribution >= 4 is 14.4 Å². The molecule has 2 rings (SSSR count). The summed E-state index contributed by atoms with van der Waals surface area (Å²) in [6, 6.07) is 0. The molecule has 0 saturated carbocycles. The Bertz CT molecular complexity index is 807. The molecule has 1 amide bonds. The summed E-state index contributed by atoms with van der Waals surface area (Å²) in [5.41, 5.74) is -0.0950. The van der Waals surface area contributed by atoms with Crippen molar-refractivity contribution in [2.24, 2.45) is 5.92 Å². The average molecular weight is 457 g/mol. The number of carbonyl (C=O) groups is 1. The number of ether oxygens (including phenoxy) is 1. The molecule has 8 nitrogen and oxygen atoms in total. The van der Waals surface area contributed by atoms with Crippen LogP contribution in [0.25, 0.3) is 0 Å². The van der Waals surface area contributed by atoms with E-state index in [1.54, 1.807) is 4.90 Å². The second kappa shape index (κ2) is 9.40. The van der Waals surface area contributed by atoms with Crippen LogP contribution in [0.4, 0.5) is 4.79 Å². The molecular formula is C22H40N2O6Si. The van der Waals surface area contributed by atoms with Crippen molar-refractivity contribution in [2.45, 2.75) is 97.7 Å². The first-order valence-electron chi connectivity index (χ1n) is 11.1. The molecule has 0 spiro atoms. The van der Waals surface area contributed by atoms with Gasteiger partial charge in [-0.15, -0.1) is 0 Å². The Kier molecular flexibility index (Phi) is 7.74. The quantitative estimate of drug-likeness (QED) is 0.623. The molecule has 0 bridgehead atoms. The number of aromatic nitrogens is 1. The second-order valence-corrected chi connectivity index (χ2v) is 15.8. The van der Waals surface area contributed by atoms with Gasteiger partial charge >= 0.3 is 17.8 Å². The molecule has 0 aliphatic carbocycles. The van der Waals surface area contributed by atoms with Crippen LogP contribution >= 0.6 is 0 Å². The lowest BCUT2D eigenvalue weighted by atomic mass is 9.94. The molecule has 178 valence electrons. The van der Waals surface area contributed by atoms with Crippen LogP contribution in [0.3, 0.4) is 0 Å². The molecule has 1 aliphatic heterocycles. The first-order valence-corrected chi connectivity index (χ1v) is 14.0. The third-order valence-electron chi connectivity index (χ3n) is 6.38. The fourth-order valence-corrected chi connectivity index (χ4v) is 4.23. The van der Waals surface area contributed by atoms with Gasteiger partial charge in [0.2, 0.25) is 0 Å². The van der Waals surface area contributed by atoms with Crippen LogP contribution in [0.1, 0.15) is 66.5 Å². The molecule has 0 unspecified atom stereocenters. The number of piperidine rings is 1. The highest BCUT2D eigenvalue weighted by atomic mass is 28.4. The normalized spacial score (nSPS) is 16.6. The standard InChI is InChI=1S/C22H40N2O6Si/c1-21(2,3)30-19(26)23-12-9-16(10-13-23)11-14-24-17(18(25)29-20(24)27)15-28-31(7,8)22(4,5)6/h16,25H,9-15H2,1-8H3. The minimum absolute atomic E-state index is 0.0274. The van der Waals surface area contributed by atoms with Crippen molar-refractivity contribution in [2.75, 3.05) is 13.1 Å². The largest absolute Gasteiger partial charge is 0.479 e. The summed E-state index contributed by atoms with van der Waals surface area (Å²) in [6.07, 6.45) is 2.21. The Morgan fingerprint density at radius 2 is 1.74 bits per heavy atom. The predicted molar refractivity (Wildman–Crippen MR) is 122 cm³/mol. The summed E-state index contributed by atoms with van der Waals surface area (Å²) in [7, 11) is -2.03. The molecule has 1 N–H and O–H groups in total. The molecule has 9 heteroatoms. The maximum Gasteiger partial charge on any atom is 0.422 e. The number of hydrogen-bond acceptors (Lipinski definition) is 6. The van der Waals surface area contributed by atoms with Gasteiger partial charge in [0.25, 0.3) is 0 Å². The summed E-state index contributed by atoms with van der Waals surface area (Å²) in [6.45, 7) is 18.2. The zero-order valence-corrected chi connectivity index (χ0v) is 21.4. The minimum atomic E-state index is -2.03. The average Bonchev–Trinajstić information content (AvgIpc) is 2.89. The number of aromatic hydroxyl groups is 1. The molecule has 31 heavy (non-hydrogen) atoms. The highest BCUT2D eigenvalue weighted by Gasteiger charge is 2.38. The van der Waals surface area contributed by atoms with E-state index in [1.807, 2.05) is 20.8 Å². The van der Waals surface area contributed by atoms with Gasteiger partial charge in [0, 0.05) is 19.6 Å². The van der Waals surface area contributed by atoms with E-state index in [-0.39, 0.29) is 23.7 Å². The summed E-state index contributed by atoms with van der Waals surface area (Å²) in [4.78, 5) is 26.2. The molecule has 0 atom stereocenters. The molecule has 0 aromatic carbocycles. The SMILES string of the molecule is CC(C)(C)OC(=O)N1CCC(CCn2c(CO[Si](C)(C)C(C)(C)C)c(O)oc2=O)CC1. The van der Waals surface area contributed by atoms with E-state index in [9.17, 15) is 14.7 Å². The summed E-state index contributed by atoms with van der Waals surface area (Å²) in [5.74, 6) is -0.530. The van der Waals surface area contributed by atoms with Gasteiger partial charge in [0.15, 0.2) is 8.32 Å². The Balaban J connectivity index is 1.94. The Labute approximate surface area is 186 Å². The van der Waals surface area contributed by atoms with Crippen molar-refractivity contribution in [3.8, 4) is 5.95 Å². The van der Waals surface area contributed by atoms with E-state index >= 15 is 0 Å². The lowest BCUT2D eigenvalue weighted by Crippen LogP contribution is -2.42. The Morgan fingerprint density at radius 1 is 1.16 bits per heavy atom. The lowest BCUT2D eigenvalue weighted by molar-refractivity contribution is 0.0179. The zero-order chi connectivity index (χ0) is 23.6. The van der Waals surface area contributed by atoms with Crippen LogP contribution < -0.4 is 5.76 Å². The van der Waals surface area contributed by atoms with Gasteiger partial charge in [-0.1, -0.05) is 20.8 Å². The van der Waals surface area contributed by atoms with Gasteiger partial charge in [-0.05, 0) is 64.1 Å². The van der Waals surface area contributed by atoms with Gasteiger partial charge < -0.3 is 23.6 Å². The van der Waals surface area contributed by atoms with E-state index in [0.29, 0.717) is 31.2 Å². The number of rotatable bonds is 6. The zero-order valence-electron chi connectivity index (χ0n) is 20.4. The molecule has 1 fully saturated rings. The second-order valence-electron chi connectivity index (χ2n) is 11.0. The molecular weight excluding hydrogens is 416 g/mol. The third kappa shape index (κ3) is 6.87. The van der Waals surface area contributed by atoms with E-state index in [2.05, 4.69) is 33.9 Å². The van der Waals surface area contributed by atoms with Crippen LogP contribution in [-0.4, -0.2) is 47.7 Å². The molecule has 0 radical (unpaired) electrons. The molecule has 2 heterocycles. The van der Waals surface area contributed by atoms with E-state index in [0.717, 1.165) is 19.3 Å². The molecule has 1 aromatic heterocycles. The fourth-order valence-electron chi connectivity index (χ4n) is 3.30. The predicted octanol–water partition coefficient (Wildman–Crippen LogP) is 4.71. The molecule has 1 aromatic rings. The van der Waals surface area contributed by atoms with Crippen molar-refractivity contribution in [3.63, 3.8) is 0 Å². The van der Waals surface area contributed by atoms with Gasteiger partial charge in [-0.3, -0.25) is 4.57 Å². The van der Waals surface area contributed by atoms with Gasteiger partial charge in [0.05, 0.1) is 6.61 Å². The number of nitrogens with zero attached hydrogens (tertiary/aromatic N) is 2. The lowest BCUT2D eigenvalue weighted by Gasteiger charge is -2.36. The fraction of sp³-hybridized carbons (Fsp3) is 0.818. The van der Waals surface area contributed by atoms with Crippen LogP contribution in [0.2, 0.25) is 18.1 Å². The minimum Gasteiger partial charge on any atom is -0.479 e. The number of hydrogen-bond donors (Lipinski definition) is 1. The van der Waals surface area contributed by atoms with Crippen LogP contribution in [0.15, 0.2) is 9.21 Å². The van der Waals surface area contributed by atoms with Crippen molar-refractivity contribution in [1.29, 1.82) is 0 Å². The number of oxazole rings is 1. The first kappa shape index (κ1) is 25.5. The van der Waals surface area contributed by atoms with Crippen LogP contribution in [0.5, 0.6) is 5.95 Å². The van der Waals surface area contributed by atoms with E-state index in [1.165, 1.54) is 4.57 Å². The maximum absolute atomic E-state index is 12.3. The Morgan fingerprint density at radius 3 is 2.26 bits per heavy atom. The van der Waals surface area contributed by atoms with Crippen molar-refractivity contribution in [3.05, 3.63) is 16.2 Å². The smallest absolute Gasteiger partial charge is 0.422 e. The summed E-state index contributed by atoms with van der Waals surface area (Å²) in [5, 5.41) is 10.2. The highest BCUT2D eigenvalue weighted by Crippen LogP contribution is 2.37. The monoisotopic (exact) mass is 456 g/mol. The first-order chi connectivity index (χ1) is 14.1. The topological polar surface area (TPSA) is 94.1 Å². The van der Waals surface area contributed by atoms with Crippen molar-refractivity contribution in [1.82, 2.24) is 9.47 Å². The summed E-state index contributed by atoms with van der Waals surface area (Å²) >= 11 is 0. The number of likely N-dealkylation sites (tertiary alicyclic amines) is 1. The summed E-state index contributed by atoms with van der Waals surface area (Å²) < 4.78 is 18.1. The molecule has 1 aliphatic rings. The van der Waals surface area contributed by atoms with E-state index < -0.39 is 19.7 Å². The van der Waals surface area contributed by atoms with Gasteiger partial charge in [0.1, 0.15) is 11.3 Å².